The molecule has 0 saturated heterocycles. The third kappa shape index (κ3) is 1.89. The second-order valence-electron chi connectivity index (χ2n) is 3.81. The molecule has 0 unspecified atom stereocenters. The Hall–Kier alpha value is -0.870. The van der Waals surface area contributed by atoms with Crippen LogP contribution in [0.3, 0.4) is 0 Å². The van der Waals surface area contributed by atoms with Crippen molar-refractivity contribution in [1.82, 2.24) is 15.1 Å². The van der Waals surface area contributed by atoms with Crippen LogP contribution in [0.1, 0.15) is 18.4 Å². The van der Waals surface area contributed by atoms with E-state index >= 15 is 0 Å². The molecule has 1 aliphatic rings. The number of hydrogen-bond acceptors (Lipinski definition) is 3. The summed E-state index contributed by atoms with van der Waals surface area (Å²) >= 11 is 0. The van der Waals surface area contributed by atoms with Crippen LogP contribution in [0.5, 0.6) is 0 Å². The Labute approximate surface area is 77.6 Å². The highest BCUT2D eigenvalue weighted by atomic mass is 16.3. The summed E-state index contributed by atoms with van der Waals surface area (Å²) < 4.78 is 1.79. The van der Waals surface area contributed by atoms with Crippen LogP contribution in [0.2, 0.25) is 0 Å². The number of aryl methyl sites for hydroxylation is 1. The first-order valence-corrected chi connectivity index (χ1v) is 4.57. The molecule has 2 N–H and O–H groups in total. The van der Waals surface area contributed by atoms with E-state index in [-0.39, 0.29) is 12.1 Å². The smallest absolute Gasteiger partial charge is 0.0613 e. The molecule has 2 rings (SSSR count). The topological polar surface area (TPSA) is 50.1 Å². The molecule has 0 radical (unpaired) electrons. The predicted octanol–water partition coefficient (Wildman–Crippen LogP) is 0.0346. The van der Waals surface area contributed by atoms with Gasteiger partial charge in [-0.05, 0) is 12.8 Å². The summed E-state index contributed by atoms with van der Waals surface area (Å²) in [6.07, 6.45) is 6.01. The first kappa shape index (κ1) is 8.72. The van der Waals surface area contributed by atoms with Crippen molar-refractivity contribution in [2.75, 3.05) is 6.61 Å². The van der Waals surface area contributed by atoms with Crippen LogP contribution >= 0.6 is 0 Å². The van der Waals surface area contributed by atoms with Crippen molar-refractivity contribution < 1.29 is 5.11 Å². The van der Waals surface area contributed by atoms with E-state index in [2.05, 4.69) is 10.4 Å². The van der Waals surface area contributed by atoms with Gasteiger partial charge in [-0.3, -0.25) is 4.68 Å². The number of hydrogen-bond donors (Lipinski definition) is 2. The van der Waals surface area contributed by atoms with E-state index in [0.29, 0.717) is 0 Å². The number of aliphatic hydroxyl groups is 1. The van der Waals surface area contributed by atoms with Gasteiger partial charge in [0.2, 0.25) is 0 Å². The molecule has 1 heterocycles. The fraction of sp³-hybridized carbons (Fsp3) is 0.667. The Morgan fingerprint density at radius 2 is 2.46 bits per heavy atom. The molecule has 0 atom stereocenters. The maximum Gasteiger partial charge on any atom is 0.0613 e. The zero-order valence-corrected chi connectivity index (χ0v) is 7.82. The summed E-state index contributed by atoms with van der Waals surface area (Å²) in [7, 11) is 1.91. The molecule has 4 heteroatoms. The minimum atomic E-state index is 0.0237. The lowest BCUT2D eigenvalue weighted by Crippen LogP contribution is -2.33. The Balaban J connectivity index is 1.86. The van der Waals surface area contributed by atoms with Gasteiger partial charge in [0.1, 0.15) is 0 Å². The van der Waals surface area contributed by atoms with Gasteiger partial charge in [-0.25, -0.2) is 0 Å². The number of aromatic nitrogens is 2. The van der Waals surface area contributed by atoms with Crippen LogP contribution in [0.15, 0.2) is 12.4 Å². The van der Waals surface area contributed by atoms with Gasteiger partial charge in [0, 0.05) is 30.9 Å². The van der Waals surface area contributed by atoms with Crippen molar-refractivity contribution in [3.63, 3.8) is 0 Å². The van der Waals surface area contributed by atoms with Crippen LogP contribution < -0.4 is 5.32 Å². The zero-order chi connectivity index (χ0) is 9.31. The summed E-state index contributed by atoms with van der Waals surface area (Å²) in [5, 5.41) is 16.5. The normalized spacial score (nSPS) is 18.9. The summed E-state index contributed by atoms with van der Waals surface area (Å²) in [5.74, 6) is 0. The molecule has 1 aromatic heterocycles. The van der Waals surface area contributed by atoms with Crippen LogP contribution in [0.4, 0.5) is 0 Å². The standard InChI is InChI=1S/C9H15N3O/c1-12-6-8(5-11-12)4-10-9(7-13)2-3-9/h5-6,10,13H,2-4,7H2,1H3. The summed E-state index contributed by atoms with van der Waals surface area (Å²) in [5.41, 5.74) is 1.19. The van der Waals surface area contributed by atoms with Gasteiger partial charge in [0.05, 0.1) is 12.8 Å². The molecular weight excluding hydrogens is 166 g/mol. The highest BCUT2D eigenvalue weighted by Crippen LogP contribution is 2.34. The van der Waals surface area contributed by atoms with Gasteiger partial charge in [0.25, 0.3) is 0 Å². The predicted molar refractivity (Wildman–Crippen MR) is 49.1 cm³/mol. The summed E-state index contributed by atoms with van der Waals surface area (Å²) in [4.78, 5) is 0. The van der Waals surface area contributed by atoms with Crippen LogP contribution in [0.25, 0.3) is 0 Å². The first-order chi connectivity index (χ1) is 6.24. The third-order valence-corrected chi connectivity index (χ3v) is 2.58. The minimum absolute atomic E-state index is 0.0237. The Kier molecular flexibility index (Phi) is 2.09. The molecule has 0 aliphatic heterocycles. The van der Waals surface area contributed by atoms with Crippen molar-refractivity contribution in [2.45, 2.75) is 24.9 Å². The molecule has 0 amide bonds. The molecule has 0 aromatic carbocycles. The molecule has 1 aliphatic carbocycles. The van der Waals surface area contributed by atoms with Crippen molar-refractivity contribution >= 4 is 0 Å². The van der Waals surface area contributed by atoms with Gasteiger partial charge < -0.3 is 10.4 Å². The fourth-order valence-electron chi connectivity index (χ4n) is 1.39. The second-order valence-corrected chi connectivity index (χ2v) is 3.81. The molecule has 1 aromatic rings. The highest BCUT2D eigenvalue weighted by Gasteiger charge is 2.41. The van der Waals surface area contributed by atoms with Crippen molar-refractivity contribution in [3.8, 4) is 0 Å². The van der Waals surface area contributed by atoms with E-state index in [1.807, 2.05) is 19.4 Å². The molecular formula is C9H15N3O. The molecule has 0 bridgehead atoms. The molecule has 72 valence electrons. The molecule has 1 saturated carbocycles. The van der Waals surface area contributed by atoms with Gasteiger partial charge in [0.15, 0.2) is 0 Å². The number of nitrogens with one attached hydrogen (secondary N) is 1. The Morgan fingerprint density at radius 3 is 2.92 bits per heavy atom. The lowest BCUT2D eigenvalue weighted by Gasteiger charge is -2.12. The lowest BCUT2D eigenvalue weighted by molar-refractivity contribution is 0.229. The maximum absolute atomic E-state index is 9.06. The van der Waals surface area contributed by atoms with Crippen LogP contribution in [0, 0.1) is 0 Å². The largest absolute Gasteiger partial charge is 0.394 e. The van der Waals surface area contributed by atoms with Gasteiger partial charge >= 0.3 is 0 Å². The van der Waals surface area contributed by atoms with E-state index in [0.717, 1.165) is 19.4 Å². The molecule has 0 spiro atoms. The van der Waals surface area contributed by atoms with Gasteiger partial charge in [-0.1, -0.05) is 0 Å². The SMILES string of the molecule is Cn1cc(CNC2(CO)CC2)cn1. The summed E-state index contributed by atoms with van der Waals surface area (Å²) in [6, 6.07) is 0. The van der Waals surface area contributed by atoms with Crippen molar-refractivity contribution in [1.29, 1.82) is 0 Å². The summed E-state index contributed by atoms with van der Waals surface area (Å²) in [6.45, 7) is 1.04. The van der Waals surface area contributed by atoms with Crippen molar-refractivity contribution in [3.05, 3.63) is 18.0 Å². The second kappa shape index (κ2) is 3.12. The Bertz CT molecular complexity index is 291. The Morgan fingerprint density at radius 1 is 1.69 bits per heavy atom. The number of aliphatic hydroxyl groups excluding tert-OH is 1. The van der Waals surface area contributed by atoms with Gasteiger partial charge in [-0.15, -0.1) is 0 Å². The van der Waals surface area contributed by atoms with E-state index in [1.54, 1.807) is 4.68 Å². The molecule has 4 nitrogen and oxygen atoms in total. The third-order valence-electron chi connectivity index (χ3n) is 2.58. The van der Waals surface area contributed by atoms with E-state index in [1.165, 1.54) is 5.56 Å². The number of rotatable bonds is 4. The van der Waals surface area contributed by atoms with Gasteiger partial charge in [-0.2, -0.15) is 5.10 Å². The van der Waals surface area contributed by atoms with Crippen LogP contribution in [-0.4, -0.2) is 27.0 Å². The van der Waals surface area contributed by atoms with E-state index in [9.17, 15) is 0 Å². The molecule has 1 fully saturated rings. The number of nitrogens with zero attached hydrogens (tertiary/aromatic N) is 2. The van der Waals surface area contributed by atoms with E-state index < -0.39 is 0 Å². The highest BCUT2D eigenvalue weighted by molar-refractivity contribution is 5.08. The van der Waals surface area contributed by atoms with Crippen molar-refractivity contribution in [2.24, 2.45) is 7.05 Å². The average molecular weight is 181 g/mol. The first-order valence-electron chi connectivity index (χ1n) is 4.57. The zero-order valence-electron chi connectivity index (χ0n) is 7.82. The fourth-order valence-corrected chi connectivity index (χ4v) is 1.39. The maximum atomic E-state index is 9.06. The molecule has 13 heavy (non-hydrogen) atoms. The van der Waals surface area contributed by atoms with E-state index in [4.69, 9.17) is 5.11 Å². The van der Waals surface area contributed by atoms with Crippen LogP contribution in [-0.2, 0) is 13.6 Å². The quantitative estimate of drug-likeness (QED) is 0.689. The monoisotopic (exact) mass is 181 g/mol. The average Bonchev–Trinajstić information content (AvgIpc) is 2.81. The minimum Gasteiger partial charge on any atom is -0.394 e. The lowest BCUT2D eigenvalue weighted by atomic mass is 10.2.